The summed E-state index contributed by atoms with van der Waals surface area (Å²) in [4.78, 5) is 0.364. The molecule has 3 nitrogen and oxygen atoms in total. The third-order valence-corrected chi connectivity index (χ3v) is 5.59. The van der Waals surface area contributed by atoms with Gasteiger partial charge < -0.3 is 0 Å². The van der Waals surface area contributed by atoms with E-state index in [2.05, 4.69) is 0 Å². The number of benzene rings is 2. The monoisotopic (exact) mass is 303 g/mol. The second-order valence-electron chi connectivity index (χ2n) is 5.16. The second kappa shape index (κ2) is 6.41. The molecule has 112 valence electrons. The van der Waals surface area contributed by atoms with Gasteiger partial charge in [0.2, 0.25) is 10.0 Å². The average molecular weight is 303 g/mol. The van der Waals surface area contributed by atoms with E-state index in [1.165, 1.54) is 4.31 Å². The zero-order valence-corrected chi connectivity index (χ0v) is 13.5. The number of nitrogens with zero attached hydrogens (tertiary/aromatic N) is 1. The summed E-state index contributed by atoms with van der Waals surface area (Å²) in [5.74, 6) is 0. The Morgan fingerprint density at radius 1 is 0.952 bits per heavy atom. The van der Waals surface area contributed by atoms with Crippen molar-refractivity contribution in [3.63, 3.8) is 0 Å². The zero-order chi connectivity index (χ0) is 15.5. The standard InChI is InChI=1S/C17H21NO2S/c1-4-18(13-16-8-6-5-7-9-16)21(19,20)17-11-10-14(2)15(3)12-17/h5-12H,4,13H2,1-3H3. The van der Waals surface area contributed by atoms with E-state index in [-0.39, 0.29) is 0 Å². The molecule has 0 spiro atoms. The van der Waals surface area contributed by atoms with Crippen molar-refractivity contribution in [2.45, 2.75) is 32.2 Å². The maximum Gasteiger partial charge on any atom is 0.243 e. The van der Waals surface area contributed by atoms with Gasteiger partial charge in [0, 0.05) is 13.1 Å². The Morgan fingerprint density at radius 3 is 2.19 bits per heavy atom. The Balaban J connectivity index is 2.33. The van der Waals surface area contributed by atoms with Crippen LogP contribution >= 0.6 is 0 Å². The summed E-state index contributed by atoms with van der Waals surface area (Å²) < 4.78 is 27.0. The van der Waals surface area contributed by atoms with E-state index in [1.54, 1.807) is 12.1 Å². The molecule has 2 aromatic rings. The number of rotatable bonds is 5. The van der Waals surface area contributed by atoms with Crippen LogP contribution in [0.5, 0.6) is 0 Å². The molecule has 4 heteroatoms. The fourth-order valence-electron chi connectivity index (χ4n) is 2.18. The largest absolute Gasteiger partial charge is 0.243 e. The molecular formula is C17H21NO2S. The van der Waals surface area contributed by atoms with Crippen LogP contribution in [0.2, 0.25) is 0 Å². The van der Waals surface area contributed by atoms with Crippen LogP contribution < -0.4 is 0 Å². The first kappa shape index (κ1) is 15.7. The van der Waals surface area contributed by atoms with Gasteiger partial charge in [-0.1, -0.05) is 43.3 Å². The SMILES string of the molecule is CCN(Cc1ccccc1)S(=O)(=O)c1ccc(C)c(C)c1. The topological polar surface area (TPSA) is 37.4 Å². The number of sulfonamides is 1. The lowest BCUT2D eigenvalue weighted by molar-refractivity contribution is 0.423. The van der Waals surface area contributed by atoms with E-state index >= 15 is 0 Å². The number of aryl methyl sites for hydroxylation is 2. The van der Waals surface area contributed by atoms with E-state index < -0.39 is 10.0 Å². The highest BCUT2D eigenvalue weighted by Gasteiger charge is 2.23. The van der Waals surface area contributed by atoms with E-state index in [4.69, 9.17) is 0 Å². The highest BCUT2D eigenvalue weighted by atomic mass is 32.2. The van der Waals surface area contributed by atoms with Crippen LogP contribution in [-0.2, 0) is 16.6 Å². The van der Waals surface area contributed by atoms with Gasteiger partial charge in [-0.2, -0.15) is 4.31 Å². The van der Waals surface area contributed by atoms with Gasteiger partial charge in [-0.3, -0.25) is 0 Å². The Labute approximate surface area is 127 Å². The van der Waals surface area contributed by atoms with Gasteiger partial charge in [0.05, 0.1) is 4.90 Å². The van der Waals surface area contributed by atoms with Crippen molar-refractivity contribution in [1.82, 2.24) is 4.31 Å². The smallest absolute Gasteiger partial charge is 0.207 e. The molecular weight excluding hydrogens is 282 g/mol. The van der Waals surface area contributed by atoms with Gasteiger partial charge in [-0.25, -0.2) is 8.42 Å². The van der Waals surface area contributed by atoms with Gasteiger partial charge in [0.25, 0.3) is 0 Å². The summed E-state index contributed by atoms with van der Waals surface area (Å²) in [6.07, 6.45) is 0. The molecule has 0 aromatic heterocycles. The van der Waals surface area contributed by atoms with Crippen LogP contribution in [-0.4, -0.2) is 19.3 Å². The van der Waals surface area contributed by atoms with Gasteiger partial charge in [-0.15, -0.1) is 0 Å². The molecule has 0 N–H and O–H groups in total. The fourth-order valence-corrected chi connectivity index (χ4v) is 3.70. The lowest BCUT2D eigenvalue weighted by Crippen LogP contribution is -2.30. The summed E-state index contributed by atoms with van der Waals surface area (Å²) in [6, 6.07) is 15.0. The quantitative estimate of drug-likeness (QED) is 0.847. The van der Waals surface area contributed by atoms with Crippen molar-refractivity contribution >= 4 is 10.0 Å². The van der Waals surface area contributed by atoms with Gasteiger partial charge in [0.1, 0.15) is 0 Å². The van der Waals surface area contributed by atoms with Crippen molar-refractivity contribution < 1.29 is 8.42 Å². The molecule has 0 saturated carbocycles. The van der Waals surface area contributed by atoms with Crippen molar-refractivity contribution in [1.29, 1.82) is 0 Å². The molecule has 0 saturated heterocycles. The fraction of sp³-hybridized carbons (Fsp3) is 0.294. The van der Waals surface area contributed by atoms with E-state index in [0.29, 0.717) is 18.0 Å². The van der Waals surface area contributed by atoms with Crippen LogP contribution in [0.3, 0.4) is 0 Å². The Kier molecular flexibility index (Phi) is 4.80. The van der Waals surface area contributed by atoms with Crippen molar-refractivity contribution in [3.05, 3.63) is 65.2 Å². The van der Waals surface area contributed by atoms with Crippen molar-refractivity contribution in [2.75, 3.05) is 6.54 Å². The van der Waals surface area contributed by atoms with Crippen LogP contribution in [0, 0.1) is 13.8 Å². The molecule has 21 heavy (non-hydrogen) atoms. The predicted molar refractivity (Wildman–Crippen MR) is 85.6 cm³/mol. The minimum Gasteiger partial charge on any atom is -0.207 e. The molecule has 0 aliphatic heterocycles. The first-order chi connectivity index (χ1) is 9.95. The first-order valence-electron chi connectivity index (χ1n) is 7.06. The summed E-state index contributed by atoms with van der Waals surface area (Å²) >= 11 is 0. The molecule has 0 unspecified atom stereocenters. The minimum atomic E-state index is -3.46. The lowest BCUT2D eigenvalue weighted by Gasteiger charge is -2.21. The third-order valence-electron chi connectivity index (χ3n) is 3.67. The predicted octanol–water partition coefficient (Wildman–Crippen LogP) is 3.51. The van der Waals surface area contributed by atoms with Crippen LogP contribution in [0.1, 0.15) is 23.6 Å². The van der Waals surface area contributed by atoms with Gasteiger partial charge in [0.15, 0.2) is 0 Å². The lowest BCUT2D eigenvalue weighted by atomic mass is 10.1. The molecule has 0 radical (unpaired) electrons. The third kappa shape index (κ3) is 3.52. The highest BCUT2D eigenvalue weighted by Crippen LogP contribution is 2.20. The summed E-state index contributed by atoms with van der Waals surface area (Å²) in [5, 5.41) is 0. The van der Waals surface area contributed by atoms with Gasteiger partial charge in [-0.05, 0) is 42.7 Å². The summed E-state index contributed by atoms with van der Waals surface area (Å²) in [6.45, 7) is 6.62. The van der Waals surface area contributed by atoms with Crippen molar-refractivity contribution in [3.8, 4) is 0 Å². The van der Waals surface area contributed by atoms with E-state index in [1.807, 2.05) is 57.2 Å². The molecule has 0 bridgehead atoms. The van der Waals surface area contributed by atoms with Crippen molar-refractivity contribution in [2.24, 2.45) is 0 Å². The van der Waals surface area contributed by atoms with E-state index in [9.17, 15) is 8.42 Å². The summed E-state index contributed by atoms with van der Waals surface area (Å²) in [5.41, 5.74) is 3.08. The Bertz CT molecular complexity index is 709. The van der Waals surface area contributed by atoms with Crippen LogP contribution in [0.25, 0.3) is 0 Å². The molecule has 0 aliphatic rings. The Morgan fingerprint density at radius 2 is 1.62 bits per heavy atom. The Hall–Kier alpha value is -1.65. The molecule has 2 rings (SSSR count). The normalized spacial score (nSPS) is 11.8. The van der Waals surface area contributed by atoms with E-state index in [0.717, 1.165) is 16.7 Å². The molecule has 2 aromatic carbocycles. The molecule has 0 aliphatic carbocycles. The first-order valence-corrected chi connectivity index (χ1v) is 8.50. The maximum absolute atomic E-state index is 12.8. The zero-order valence-electron chi connectivity index (χ0n) is 12.7. The highest BCUT2D eigenvalue weighted by molar-refractivity contribution is 7.89. The molecule has 0 amide bonds. The maximum atomic E-state index is 12.8. The molecule has 0 fully saturated rings. The average Bonchev–Trinajstić information content (AvgIpc) is 2.48. The van der Waals surface area contributed by atoms with Crippen LogP contribution in [0.4, 0.5) is 0 Å². The van der Waals surface area contributed by atoms with Crippen LogP contribution in [0.15, 0.2) is 53.4 Å². The summed E-state index contributed by atoms with van der Waals surface area (Å²) in [7, 11) is -3.46. The van der Waals surface area contributed by atoms with Gasteiger partial charge >= 0.3 is 0 Å². The minimum absolute atomic E-state index is 0.364. The molecule has 0 heterocycles. The second-order valence-corrected chi connectivity index (χ2v) is 7.10. The molecule has 0 atom stereocenters. The number of hydrogen-bond donors (Lipinski definition) is 0. The number of hydrogen-bond acceptors (Lipinski definition) is 2.